The van der Waals surface area contributed by atoms with Crippen LogP contribution in [-0.4, -0.2) is 30.7 Å². The molecule has 27 heavy (non-hydrogen) atoms. The van der Waals surface area contributed by atoms with E-state index >= 15 is 0 Å². The number of ketones is 1. The summed E-state index contributed by atoms with van der Waals surface area (Å²) in [5.41, 5.74) is 1.85. The van der Waals surface area contributed by atoms with Crippen LogP contribution < -0.4 is 4.74 Å². The summed E-state index contributed by atoms with van der Waals surface area (Å²) in [5.74, 6) is 1.03. The van der Waals surface area contributed by atoms with Gasteiger partial charge in [-0.05, 0) is 49.6 Å². The van der Waals surface area contributed by atoms with Crippen LogP contribution in [0.4, 0.5) is 0 Å². The molecule has 0 aliphatic carbocycles. The SMILES string of the molecule is COc1ccc(C(=O)CCCCCC(=O)N(C)C(C)c2ccccc2)cc1. The second kappa shape index (κ2) is 10.5. The molecule has 2 aromatic carbocycles. The molecule has 0 bridgehead atoms. The molecule has 1 amide bonds. The second-order valence-electron chi connectivity index (χ2n) is 6.80. The molecule has 0 aliphatic heterocycles. The summed E-state index contributed by atoms with van der Waals surface area (Å²) in [5, 5.41) is 0. The molecular weight excluding hydrogens is 338 g/mol. The Morgan fingerprint density at radius 3 is 2.19 bits per heavy atom. The first-order valence-electron chi connectivity index (χ1n) is 9.50. The van der Waals surface area contributed by atoms with Gasteiger partial charge in [-0.15, -0.1) is 0 Å². The van der Waals surface area contributed by atoms with Gasteiger partial charge < -0.3 is 9.64 Å². The quantitative estimate of drug-likeness (QED) is 0.436. The highest BCUT2D eigenvalue weighted by atomic mass is 16.5. The van der Waals surface area contributed by atoms with Gasteiger partial charge in [-0.3, -0.25) is 9.59 Å². The van der Waals surface area contributed by atoms with E-state index in [0.717, 1.165) is 30.6 Å². The van der Waals surface area contributed by atoms with Gasteiger partial charge in [0, 0.05) is 25.5 Å². The average Bonchev–Trinajstić information content (AvgIpc) is 2.72. The fraction of sp³-hybridized carbons (Fsp3) is 0.391. The minimum Gasteiger partial charge on any atom is -0.497 e. The van der Waals surface area contributed by atoms with Crippen molar-refractivity contribution in [2.24, 2.45) is 0 Å². The van der Waals surface area contributed by atoms with Gasteiger partial charge >= 0.3 is 0 Å². The van der Waals surface area contributed by atoms with Crippen molar-refractivity contribution in [2.45, 2.75) is 45.1 Å². The Balaban J connectivity index is 1.68. The maximum Gasteiger partial charge on any atom is 0.222 e. The van der Waals surface area contributed by atoms with Crippen molar-refractivity contribution in [1.82, 2.24) is 4.90 Å². The zero-order chi connectivity index (χ0) is 19.6. The standard InChI is InChI=1S/C23H29NO3/c1-18(19-10-6-4-7-11-19)24(2)23(26)13-9-5-8-12-22(25)20-14-16-21(27-3)17-15-20/h4,6-7,10-11,14-18H,5,8-9,12-13H2,1-3H3. The Kier molecular flexibility index (Phi) is 8.05. The third kappa shape index (κ3) is 6.24. The van der Waals surface area contributed by atoms with Crippen LogP contribution in [0.5, 0.6) is 5.75 Å². The molecule has 1 unspecified atom stereocenters. The lowest BCUT2D eigenvalue weighted by molar-refractivity contribution is -0.131. The van der Waals surface area contributed by atoms with E-state index in [4.69, 9.17) is 4.74 Å². The Labute approximate surface area is 162 Å². The van der Waals surface area contributed by atoms with Gasteiger partial charge in [-0.2, -0.15) is 0 Å². The van der Waals surface area contributed by atoms with E-state index in [1.54, 1.807) is 36.3 Å². The monoisotopic (exact) mass is 367 g/mol. The number of benzene rings is 2. The van der Waals surface area contributed by atoms with E-state index in [2.05, 4.69) is 0 Å². The lowest BCUT2D eigenvalue weighted by atomic mass is 10.0. The number of nitrogens with zero attached hydrogens (tertiary/aromatic N) is 1. The summed E-state index contributed by atoms with van der Waals surface area (Å²) < 4.78 is 5.10. The number of Topliss-reactive ketones (excluding diaryl/α,β-unsaturated/α-hetero) is 1. The highest BCUT2D eigenvalue weighted by Crippen LogP contribution is 2.20. The molecule has 0 aromatic heterocycles. The van der Waals surface area contributed by atoms with Crippen LogP contribution in [0, 0.1) is 0 Å². The van der Waals surface area contributed by atoms with Crippen LogP contribution in [0.2, 0.25) is 0 Å². The van der Waals surface area contributed by atoms with E-state index < -0.39 is 0 Å². The summed E-state index contributed by atoms with van der Waals surface area (Å²) in [7, 11) is 3.46. The van der Waals surface area contributed by atoms with Gasteiger partial charge in [-0.1, -0.05) is 36.8 Å². The lowest BCUT2D eigenvalue weighted by Gasteiger charge is -2.25. The van der Waals surface area contributed by atoms with Crippen molar-refractivity contribution in [3.05, 3.63) is 65.7 Å². The Morgan fingerprint density at radius 1 is 0.926 bits per heavy atom. The van der Waals surface area contributed by atoms with E-state index in [-0.39, 0.29) is 17.7 Å². The first-order valence-corrected chi connectivity index (χ1v) is 9.50. The molecule has 0 fully saturated rings. The summed E-state index contributed by atoms with van der Waals surface area (Å²) >= 11 is 0. The van der Waals surface area contributed by atoms with E-state index in [1.165, 1.54) is 0 Å². The van der Waals surface area contributed by atoms with Gasteiger partial charge in [0.1, 0.15) is 5.75 Å². The molecule has 4 heteroatoms. The van der Waals surface area contributed by atoms with Gasteiger partial charge in [0.05, 0.1) is 13.2 Å². The fourth-order valence-corrected chi connectivity index (χ4v) is 3.01. The minimum absolute atomic E-state index is 0.0651. The molecule has 0 N–H and O–H groups in total. The van der Waals surface area contributed by atoms with Crippen molar-refractivity contribution in [2.75, 3.05) is 14.2 Å². The predicted octanol–water partition coefficient (Wildman–Crippen LogP) is 5.05. The van der Waals surface area contributed by atoms with Gasteiger partial charge in [0.2, 0.25) is 5.91 Å². The molecule has 0 aliphatic rings. The molecule has 0 saturated carbocycles. The maximum atomic E-state index is 12.4. The zero-order valence-corrected chi connectivity index (χ0v) is 16.5. The number of hydrogen-bond acceptors (Lipinski definition) is 3. The zero-order valence-electron chi connectivity index (χ0n) is 16.5. The first-order chi connectivity index (χ1) is 13.0. The molecule has 1 atom stereocenters. The fourth-order valence-electron chi connectivity index (χ4n) is 3.01. The number of carbonyl (C=O) groups is 2. The van der Waals surface area contributed by atoms with Crippen LogP contribution in [0.1, 0.15) is 61.0 Å². The number of hydrogen-bond donors (Lipinski definition) is 0. The number of amides is 1. The van der Waals surface area contributed by atoms with Gasteiger partial charge in [-0.25, -0.2) is 0 Å². The molecule has 0 radical (unpaired) electrons. The predicted molar refractivity (Wildman–Crippen MR) is 108 cm³/mol. The first kappa shape index (κ1) is 20.7. The second-order valence-corrected chi connectivity index (χ2v) is 6.80. The summed E-state index contributed by atoms with van der Waals surface area (Å²) in [6.07, 6.45) is 3.51. The third-order valence-corrected chi connectivity index (χ3v) is 4.96. The smallest absolute Gasteiger partial charge is 0.222 e. The van der Waals surface area contributed by atoms with Crippen LogP contribution in [0.3, 0.4) is 0 Å². The Hall–Kier alpha value is -2.62. The van der Waals surface area contributed by atoms with E-state index in [0.29, 0.717) is 18.4 Å². The molecule has 0 saturated heterocycles. The summed E-state index contributed by atoms with van der Waals surface area (Å²) in [4.78, 5) is 26.4. The molecule has 0 spiro atoms. The van der Waals surface area contributed by atoms with Crippen LogP contribution in [-0.2, 0) is 4.79 Å². The largest absolute Gasteiger partial charge is 0.497 e. The van der Waals surface area contributed by atoms with Crippen LogP contribution in [0.15, 0.2) is 54.6 Å². The normalized spacial score (nSPS) is 11.7. The summed E-state index contributed by atoms with van der Waals surface area (Å²) in [6.45, 7) is 2.04. The van der Waals surface area contributed by atoms with Gasteiger partial charge in [0.15, 0.2) is 5.78 Å². The van der Waals surface area contributed by atoms with Crippen molar-refractivity contribution < 1.29 is 14.3 Å². The maximum absolute atomic E-state index is 12.4. The molecule has 4 nitrogen and oxygen atoms in total. The molecule has 2 rings (SSSR count). The molecular formula is C23H29NO3. The highest BCUT2D eigenvalue weighted by Gasteiger charge is 2.16. The topological polar surface area (TPSA) is 46.6 Å². The number of unbranched alkanes of at least 4 members (excludes halogenated alkanes) is 2. The number of carbonyl (C=O) groups excluding carboxylic acids is 2. The Morgan fingerprint density at radius 2 is 1.56 bits per heavy atom. The van der Waals surface area contributed by atoms with Crippen molar-refractivity contribution in [3.63, 3.8) is 0 Å². The number of rotatable bonds is 10. The molecule has 144 valence electrons. The number of ether oxygens (including phenoxy) is 1. The van der Waals surface area contributed by atoms with Crippen LogP contribution >= 0.6 is 0 Å². The molecule has 2 aromatic rings. The molecule has 0 heterocycles. The minimum atomic E-state index is 0.0651. The van der Waals surface area contributed by atoms with E-state index in [1.807, 2.05) is 44.3 Å². The Bertz CT molecular complexity index is 725. The lowest BCUT2D eigenvalue weighted by Crippen LogP contribution is -2.29. The highest BCUT2D eigenvalue weighted by molar-refractivity contribution is 5.96. The third-order valence-electron chi connectivity index (χ3n) is 4.96. The van der Waals surface area contributed by atoms with Crippen molar-refractivity contribution in [1.29, 1.82) is 0 Å². The van der Waals surface area contributed by atoms with E-state index in [9.17, 15) is 9.59 Å². The van der Waals surface area contributed by atoms with Crippen LogP contribution in [0.25, 0.3) is 0 Å². The average molecular weight is 367 g/mol. The van der Waals surface area contributed by atoms with Crippen molar-refractivity contribution in [3.8, 4) is 5.75 Å². The summed E-state index contributed by atoms with van der Waals surface area (Å²) in [6, 6.07) is 17.3. The van der Waals surface area contributed by atoms with Crippen molar-refractivity contribution >= 4 is 11.7 Å². The van der Waals surface area contributed by atoms with Gasteiger partial charge in [0.25, 0.3) is 0 Å². The number of methoxy groups -OCH3 is 1.